The Morgan fingerprint density at radius 3 is 2.77 bits per heavy atom. The number of hydrogen-bond donors (Lipinski definition) is 0. The predicted octanol–water partition coefficient (Wildman–Crippen LogP) is 1.90. The molecule has 0 saturated carbocycles. The van der Waals surface area contributed by atoms with Crippen LogP contribution in [0.2, 0.25) is 0 Å². The minimum atomic E-state index is -0.469. The lowest BCUT2D eigenvalue weighted by atomic mass is 10.0. The van der Waals surface area contributed by atoms with E-state index in [1.54, 1.807) is 11.1 Å². The van der Waals surface area contributed by atoms with Gasteiger partial charge < -0.3 is 9.64 Å². The summed E-state index contributed by atoms with van der Waals surface area (Å²) in [4.78, 5) is 14.3. The third kappa shape index (κ3) is 2.79. The number of carbonyl (C=O) groups excluding carboxylic acids is 1. The molecule has 1 saturated heterocycles. The van der Waals surface area contributed by atoms with Crippen LogP contribution in [-0.4, -0.2) is 46.0 Å². The van der Waals surface area contributed by atoms with E-state index in [0.717, 1.165) is 12.8 Å². The van der Waals surface area contributed by atoms with Gasteiger partial charge in [0.15, 0.2) is 11.6 Å². The minimum absolute atomic E-state index is 0.0864. The van der Waals surface area contributed by atoms with Crippen molar-refractivity contribution >= 4 is 5.91 Å². The molecular weight excluding hydrogens is 287 g/mol. The summed E-state index contributed by atoms with van der Waals surface area (Å²) < 4.78 is 20.2. The summed E-state index contributed by atoms with van der Waals surface area (Å²) in [5.41, 5.74) is 0.442. The molecule has 3 rings (SSSR count). The highest BCUT2D eigenvalue weighted by Crippen LogP contribution is 2.24. The number of methoxy groups -OCH3 is 1. The quantitative estimate of drug-likeness (QED) is 0.869. The Kier molecular flexibility index (Phi) is 4.04. The van der Waals surface area contributed by atoms with Crippen molar-refractivity contribution in [1.82, 2.24) is 19.9 Å². The number of piperidine rings is 1. The average Bonchev–Trinajstić information content (AvgIpc) is 3.09. The Hall–Kier alpha value is -2.44. The topological polar surface area (TPSA) is 60.2 Å². The second kappa shape index (κ2) is 6.13. The zero-order valence-corrected chi connectivity index (χ0v) is 12.3. The first-order chi connectivity index (χ1) is 10.7. The molecule has 0 spiro atoms. The van der Waals surface area contributed by atoms with E-state index in [0.29, 0.717) is 18.7 Å². The molecule has 1 aliphatic rings. The van der Waals surface area contributed by atoms with Gasteiger partial charge in [0.2, 0.25) is 0 Å². The van der Waals surface area contributed by atoms with E-state index in [9.17, 15) is 9.18 Å². The Bertz CT molecular complexity index is 652. The Labute approximate surface area is 127 Å². The summed E-state index contributed by atoms with van der Waals surface area (Å²) in [5.74, 6) is -0.484. The first-order valence-corrected chi connectivity index (χ1v) is 7.17. The minimum Gasteiger partial charge on any atom is -0.494 e. The van der Waals surface area contributed by atoms with Crippen LogP contribution in [0.5, 0.6) is 5.75 Å². The summed E-state index contributed by atoms with van der Waals surface area (Å²) in [5, 5.41) is 7.81. The maximum atomic E-state index is 13.4. The zero-order valence-electron chi connectivity index (χ0n) is 12.3. The van der Waals surface area contributed by atoms with Gasteiger partial charge in [0.25, 0.3) is 5.91 Å². The summed E-state index contributed by atoms with van der Waals surface area (Å²) in [6.45, 7) is 1.28. The smallest absolute Gasteiger partial charge is 0.253 e. The molecule has 1 aliphatic heterocycles. The number of ether oxygens (including phenoxy) is 1. The number of benzene rings is 1. The monoisotopic (exact) mass is 304 g/mol. The predicted molar refractivity (Wildman–Crippen MR) is 77.1 cm³/mol. The summed E-state index contributed by atoms with van der Waals surface area (Å²) in [6, 6.07) is 4.47. The highest BCUT2D eigenvalue weighted by molar-refractivity contribution is 5.94. The molecule has 1 fully saturated rings. The summed E-state index contributed by atoms with van der Waals surface area (Å²) in [6.07, 6.45) is 5.15. The van der Waals surface area contributed by atoms with E-state index in [-0.39, 0.29) is 17.7 Å². The SMILES string of the molecule is COc1cc(C(=O)N2CCC(n3ccnn3)CC2)ccc1F. The lowest BCUT2D eigenvalue weighted by Crippen LogP contribution is -2.39. The molecule has 2 aromatic rings. The number of hydrogen-bond acceptors (Lipinski definition) is 4. The van der Waals surface area contributed by atoms with Crippen LogP contribution in [0.25, 0.3) is 0 Å². The first kappa shape index (κ1) is 14.5. The molecular formula is C15H17FN4O2. The largest absolute Gasteiger partial charge is 0.494 e. The van der Waals surface area contributed by atoms with Crippen molar-refractivity contribution in [1.29, 1.82) is 0 Å². The summed E-state index contributed by atoms with van der Waals surface area (Å²) in [7, 11) is 1.39. The van der Waals surface area contributed by atoms with Gasteiger partial charge in [-0.25, -0.2) is 9.07 Å². The molecule has 1 aromatic carbocycles. The van der Waals surface area contributed by atoms with Gasteiger partial charge in [0.05, 0.1) is 19.3 Å². The highest BCUT2D eigenvalue weighted by atomic mass is 19.1. The van der Waals surface area contributed by atoms with Crippen LogP contribution in [0, 0.1) is 5.82 Å². The molecule has 22 heavy (non-hydrogen) atoms. The standard InChI is InChI=1S/C15H17FN4O2/c1-22-14-10-11(2-3-13(14)16)15(21)19-7-4-12(5-8-19)20-9-6-17-18-20/h2-3,6,9-10,12H,4-5,7-8H2,1H3. The van der Waals surface area contributed by atoms with E-state index < -0.39 is 5.82 Å². The number of carbonyl (C=O) groups is 1. The van der Waals surface area contributed by atoms with Crippen LogP contribution in [0.3, 0.4) is 0 Å². The fraction of sp³-hybridized carbons (Fsp3) is 0.400. The molecule has 0 unspecified atom stereocenters. The third-order valence-electron chi connectivity index (χ3n) is 3.96. The van der Waals surface area contributed by atoms with Crippen LogP contribution in [0.4, 0.5) is 4.39 Å². The fourth-order valence-corrected chi connectivity index (χ4v) is 2.72. The van der Waals surface area contributed by atoms with E-state index in [1.165, 1.54) is 25.3 Å². The lowest BCUT2D eigenvalue weighted by Gasteiger charge is -2.32. The molecule has 6 nitrogen and oxygen atoms in total. The fourth-order valence-electron chi connectivity index (χ4n) is 2.72. The van der Waals surface area contributed by atoms with E-state index >= 15 is 0 Å². The lowest BCUT2D eigenvalue weighted by molar-refractivity contribution is 0.0689. The number of aromatic nitrogens is 3. The zero-order chi connectivity index (χ0) is 15.5. The number of amides is 1. The molecule has 7 heteroatoms. The number of halogens is 1. The maximum absolute atomic E-state index is 13.4. The van der Waals surface area contributed by atoms with Gasteiger partial charge >= 0.3 is 0 Å². The van der Waals surface area contributed by atoms with Crippen LogP contribution in [-0.2, 0) is 0 Å². The Morgan fingerprint density at radius 2 is 2.14 bits per heavy atom. The number of rotatable bonds is 3. The second-order valence-corrected chi connectivity index (χ2v) is 5.26. The molecule has 0 radical (unpaired) electrons. The molecule has 0 aliphatic carbocycles. The van der Waals surface area contributed by atoms with Crippen molar-refractivity contribution < 1.29 is 13.9 Å². The van der Waals surface area contributed by atoms with Gasteiger partial charge in [0, 0.05) is 24.8 Å². The molecule has 1 amide bonds. The van der Waals surface area contributed by atoms with Crippen LogP contribution >= 0.6 is 0 Å². The Morgan fingerprint density at radius 1 is 1.36 bits per heavy atom. The first-order valence-electron chi connectivity index (χ1n) is 7.17. The summed E-state index contributed by atoms with van der Waals surface area (Å²) >= 11 is 0. The van der Waals surface area contributed by atoms with Gasteiger partial charge in [-0.15, -0.1) is 5.10 Å². The molecule has 2 heterocycles. The van der Waals surface area contributed by atoms with Gasteiger partial charge in [-0.1, -0.05) is 5.21 Å². The van der Waals surface area contributed by atoms with E-state index in [2.05, 4.69) is 10.3 Å². The van der Waals surface area contributed by atoms with Gasteiger partial charge in [-0.2, -0.15) is 0 Å². The molecule has 0 bridgehead atoms. The van der Waals surface area contributed by atoms with Crippen molar-refractivity contribution in [2.45, 2.75) is 18.9 Å². The molecule has 0 N–H and O–H groups in total. The number of likely N-dealkylation sites (tertiary alicyclic amines) is 1. The van der Waals surface area contributed by atoms with E-state index in [1.807, 2.05) is 10.9 Å². The normalized spacial score (nSPS) is 15.8. The average molecular weight is 304 g/mol. The molecule has 0 atom stereocenters. The van der Waals surface area contributed by atoms with Crippen LogP contribution in [0.1, 0.15) is 29.2 Å². The van der Waals surface area contributed by atoms with Crippen LogP contribution in [0.15, 0.2) is 30.6 Å². The van der Waals surface area contributed by atoms with Crippen molar-refractivity contribution in [2.75, 3.05) is 20.2 Å². The van der Waals surface area contributed by atoms with Crippen molar-refractivity contribution in [2.24, 2.45) is 0 Å². The number of nitrogens with zero attached hydrogens (tertiary/aromatic N) is 4. The Balaban J connectivity index is 1.67. The maximum Gasteiger partial charge on any atom is 0.253 e. The van der Waals surface area contributed by atoms with Gasteiger partial charge in [-0.05, 0) is 31.0 Å². The third-order valence-corrected chi connectivity index (χ3v) is 3.96. The van der Waals surface area contributed by atoms with Crippen molar-refractivity contribution in [3.05, 3.63) is 42.0 Å². The van der Waals surface area contributed by atoms with Crippen molar-refractivity contribution in [3.63, 3.8) is 0 Å². The molecule has 116 valence electrons. The van der Waals surface area contributed by atoms with Crippen LogP contribution < -0.4 is 4.74 Å². The van der Waals surface area contributed by atoms with E-state index in [4.69, 9.17) is 4.74 Å². The second-order valence-electron chi connectivity index (χ2n) is 5.26. The molecule has 1 aromatic heterocycles. The van der Waals surface area contributed by atoms with Crippen molar-refractivity contribution in [3.8, 4) is 5.75 Å². The highest BCUT2D eigenvalue weighted by Gasteiger charge is 2.25. The van der Waals surface area contributed by atoms with Gasteiger partial charge in [0.1, 0.15) is 0 Å². The van der Waals surface area contributed by atoms with Gasteiger partial charge in [-0.3, -0.25) is 4.79 Å².